The van der Waals surface area contributed by atoms with Crippen molar-refractivity contribution in [1.29, 1.82) is 0 Å². The summed E-state index contributed by atoms with van der Waals surface area (Å²) in [7, 11) is 0. The number of nitrogens with one attached hydrogen (secondary N) is 1. The first-order chi connectivity index (χ1) is 18.0. The Labute approximate surface area is 218 Å². The van der Waals surface area contributed by atoms with E-state index in [2.05, 4.69) is 5.32 Å². The lowest BCUT2D eigenvalue weighted by atomic mass is 9.95. The van der Waals surface area contributed by atoms with Gasteiger partial charge in [0.25, 0.3) is 5.91 Å². The van der Waals surface area contributed by atoms with Crippen LogP contribution in [0.3, 0.4) is 0 Å². The van der Waals surface area contributed by atoms with Crippen molar-refractivity contribution in [1.82, 2.24) is 10.2 Å². The van der Waals surface area contributed by atoms with Gasteiger partial charge >= 0.3 is 0 Å². The van der Waals surface area contributed by atoms with Crippen LogP contribution in [-0.2, 0) is 16.1 Å². The van der Waals surface area contributed by atoms with Gasteiger partial charge in [0.05, 0.1) is 5.69 Å². The first-order valence-electron chi connectivity index (χ1n) is 13.5. The number of carbonyl (C=O) groups is 3. The molecule has 5 rings (SSSR count). The highest BCUT2D eigenvalue weighted by molar-refractivity contribution is 6.25. The highest BCUT2D eigenvalue weighted by Crippen LogP contribution is 2.37. The van der Waals surface area contributed by atoms with Gasteiger partial charge < -0.3 is 15.1 Å². The molecule has 2 aliphatic rings. The van der Waals surface area contributed by atoms with Crippen LogP contribution in [0.2, 0.25) is 0 Å². The number of amides is 3. The number of nitrogens with zero attached hydrogens (tertiary/aromatic N) is 2. The fourth-order valence-electron chi connectivity index (χ4n) is 5.66. The third-order valence-electron chi connectivity index (χ3n) is 7.74. The standard InChI is InChI=1S/C31H35N3O3/c1-22(30(36)32-25-15-6-3-7-16-25)34(21-23-11-4-2-5-12-23)28(35)19-10-20-33-27-18-9-14-24-13-8-17-26(29(24)27)31(33)37/h2,4-5,8-9,11-14,17-18,22,25H,3,6-7,10,15-16,19-21H2,1H3,(H,32,36)/t22-/m0/s1. The third-order valence-corrected chi connectivity index (χ3v) is 7.74. The smallest absolute Gasteiger partial charge is 0.258 e. The third kappa shape index (κ3) is 5.38. The van der Waals surface area contributed by atoms with Crippen molar-refractivity contribution in [3.05, 3.63) is 77.9 Å². The summed E-state index contributed by atoms with van der Waals surface area (Å²) >= 11 is 0. The van der Waals surface area contributed by atoms with Gasteiger partial charge in [-0.25, -0.2) is 0 Å². The van der Waals surface area contributed by atoms with E-state index in [0.29, 0.717) is 19.5 Å². The number of rotatable bonds is 9. The van der Waals surface area contributed by atoms with Gasteiger partial charge in [0.15, 0.2) is 0 Å². The maximum absolute atomic E-state index is 13.5. The van der Waals surface area contributed by atoms with Crippen molar-refractivity contribution >= 4 is 34.2 Å². The Balaban J connectivity index is 1.25. The van der Waals surface area contributed by atoms with Crippen LogP contribution in [0.15, 0.2) is 66.7 Å². The van der Waals surface area contributed by atoms with Crippen molar-refractivity contribution in [2.24, 2.45) is 0 Å². The van der Waals surface area contributed by atoms with Crippen molar-refractivity contribution in [3.63, 3.8) is 0 Å². The van der Waals surface area contributed by atoms with Crippen LogP contribution in [0.4, 0.5) is 5.69 Å². The highest BCUT2D eigenvalue weighted by Gasteiger charge is 2.31. The number of benzene rings is 3. The van der Waals surface area contributed by atoms with Crippen molar-refractivity contribution < 1.29 is 14.4 Å². The molecule has 1 N–H and O–H groups in total. The normalized spacial score (nSPS) is 16.1. The van der Waals surface area contributed by atoms with Gasteiger partial charge in [-0.3, -0.25) is 14.4 Å². The van der Waals surface area contributed by atoms with Gasteiger partial charge in [0.1, 0.15) is 6.04 Å². The largest absolute Gasteiger partial charge is 0.352 e. The van der Waals surface area contributed by atoms with Gasteiger partial charge in [-0.2, -0.15) is 0 Å². The van der Waals surface area contributed by atoms with Crippen LogP contribution in [0.25, 0.3) is 10.8 Å². The maximum atomic E-state index is 13.5. The Morgan fingerprint density at radius 1 is 0.973 bits per heavy atom. The van der Waals surface area contributed by atoms with E-state index in [1.165, 1.54) is 6.42 Å². The number of hydrogen-bond donors (Lipinski definition) is 1. The molecular formula is C31H35N3O3. The molecule has 6 heteroatoms. The van der Waals surface area contributed by atoms with Crippen LogP contribution < -0.4 is 10.2 Å². The fourth-order valence-corrected chi connectivity index (χ4v) is 5.66. The summed E-state index contributed by atoms with van der Waals surface area (Å²) < 4.78 is 0. The lowest BCUT2D eigenvalue weighted by Crippen LogP contribution is -2.50. The minimum absolute atomic E-state index is 0.0133. The van der Waals surface area contributed by atoms with E-state index in [0.717, 1.165) is 53.3 Å². The van der Waals surface area contributed by atoms with Crippen LogP contribution in [0, 0.1) is 0 Å². The predicted molar refractivity (Wildman–Crippen MR) is 146 cm³/mol. The SMILES string of the molecule is C[C@@H](C(=O)NC1CCCCC1)N(Cc1ccccc1)C(=O)CCCN1C(=O)c2cccc3cccc1c23. The Kier molecular flexibility index (Phi) is 7.54. The summed E-state index contributed by atoms with van der Waals surface area (Å²) in [5.74, 6) is -0.175. The van der Waals surface area contributed by atoms with E-state index < -0.39 is 6.04 Å². The molecule has 1 aliphatic heterocycles. The zero-order chi connectivity index (χ0) is 25.8. The molecule has 3 amide bonds. The molecule has 6 nitrogen and oxygen atoms in total. The van der Waals surface area contributed by atoms with Gasteiger partial charge in [0.2, 0.25) is 11.8 Å². The molecule has 1 fully saturated rings. The summed E-state index contributed by atoms with van der Waals surface area (Å²) in [6.45, 7) is 2.66. The van der Waals surface area contributed by atoms with Crippen molar-refractivity contribution in [3.8, 4) is 0 Å². The summed E-state index contributed by atoms with van der Waals surface area (Å²) in [5.41, 5.74) is 2.62. The lowest BCUT2D eigenvalue weighted by molar-refractivity contribution is -0.141. The quantitative estimate of drug-likeness (QED) is 0.428. The lowest BCUT2D eigenvalue weighted by Gasteiger charge is -2.31. The summed E-state index contributed by atoms with van der Waals surface area (Å²) in [5, 5.41) is 5.22. The Morgan fingerprint density at radius 3 is 2.46 bits per heavy atom. The number of carbonyl (C=O) groups excluding carboxylic acids is 3. The average Bonchev–Trinajstić information content (AvgIpc) is 3.20. The molecule has 1 heterocycles. The Morgan fingerprint density at radius 2 is 1.70 bits per heavy atom. The minimum Gasteiger partial charge on any atom is -0.352 e. The number of hydrogen-bond acceptors (Lipinski definition) is 3. The van der Waals surface area contributed by atoms with E-state index in [1.54, 1.807) is 9.80 Å². The molecule has 0 unspecified atom stereocenters. The van der Waals surface area contributed by atoms with E-state index in [9.17, 15) is 14.4 Å². The molecule has 3 aromatic rings. The van der Waals surface area contributed by atoms with Gasteiger partial charge in [0, 0.05) is 36.5 Å². The van der Waals surface area contributed by atoms with Crippen LogP contribution in [0.1, 0.15) is 67.8 Å². The topological polar surface area (TPSA) is 69.7 Å². The average molecular weight is 498 g/mol. The molecule has 0 radical (unpaired) electrons. The molecule has 192 valence electrons. The molecule has 37 heavy (non-hydrogen) atoms. The summed E-state index contributed by atoms with van der Waals surface area (Å²) in [4.78, 5) is 43.2. The number of anilines is 1. The van der Waals surface area contributed by atoms with E-state index in [1.807, 2.05) is 73.7 Å². The summed E-state index contributed by atoms with van der Waals surface area (Å²) in [6.07, 6.45) is 6.30. The fraction of sp³-hybridized carbons (Fsp3) is 0.387. The maximum Gasteiger partial charge on any atom is 0.258 e. The molecular weight excluding hydrogens is 462 g/mol. The van der Waals surface area contributed by atoms with Crippen LogP contribution in [-0.4, -0.2) is 41.2 Å². The second-order valence-corrected chi connectivity index (χ2v) is 10.3. The summed E-state index contributed by atoms with van der Waals surface area (Å²) in [6, 6.07) is 21.2. The second-order valence-electron chi connectivity index (χ2n) is 10.3. The molecule has 0 bridgehead atoms. The zero-order valence-corrected chi connectivity index (χ0v) is 21.5. The Hall–Kier alpha value is -3.67. The second kappa shape index (κ2) is 11.2. The molecule has 0 aromatic heterocycles. The molecule has 3 aromatic carbocycles. The molecule has 0 spiro atoms. The first kappa shape index (κ1) is 25.0. The molecule has 1 atom stereocenters. The van der Waals surface area contributed by atoms with Gasteiger partial charge in [-0.1, -0.05) is 73.9 Å². The van der Waals surface area contributed by atoms with E-state index in [4.69, 9.17) is 0 Å². The molecule has 1 aliphatic carbocycles. The minimum atomic E-state index is -0.568. The predicted octanol–water partition coefficient (Wildman–Crippen LogP) is 5.45. The van der Waals surface area contributed by atoms with Crippen LogP contribution >= 0.6 is 0 Å². The molecule has 1 saturated carbocycles. The highest BCUT2D eigenvalue weighted by atomic mass is 16.2. The first-order valence-corrected chi connectivity index (χ1v) is 13.5. The van der Waals surface area contributed by atoms with Crippen LogP contribution in [0.5, 0.6) is 0 Å². The van der Waals surface area contributed by atoms with Crippen molar-refractivity contribution in [2.75, 3.05) is 11.4 Å². The Bertz CT molecular complexity index is 1280. The van der Waals surface area contributed by atoms with E-state index >= 15 is 0 Å². The van der Waals surface area contributed by atoms with Gasteiger partial charge in [-0.15, -0.1) is 0 Å². The molecule has 0 saturated heterocycles. The monoisotopic (exact) mass is 497 g/mol. The van der Waals surface area contributed by atoms with Crippen molar-refractivity contribution in [2.45, 2.75) is 70.5 Å². The zero-order valence-electron chi connectivity index (χ0n) is 21.5. The van der Waals surface area contributed by atoms with Gasteiger partial charge in [-0.05, 0) is 49.3 Å². The van der Waals surface area contributed by atoms with E-state index in [-0.39, 0.29) is 30.2 Å².